The van der Waals surface area contributed by atoms with E-state index < -0.39 is 17.6 Å². The fraction of sp³-hybridized carbons (Fsp3) is 0.158. The number of ether oxygens (including phenoxy) is 2. The summed E-state index contributed by atoms with van der Waals surface area (Å²) in [6, 6.07) is 16.2. The van der Waals surface area contributed by atoms with Gasteiger partial charge in [0.25, 0.3) is 0 Å². The van der Waals surface area contributed by atoms with E-state index in [1.807, 2.05) is 30.3 Å². The Morgan fingerprint density at radius 1 is 1.08 bits per heavy atom. The summed E-state index contributed by atoms with van der Waals surface area (Å²) in [6.07, 6.45) is 0. The molecule has 0 saturated heterocycles. The molecule has 0 spiro atoms. The van der Waals surface area contributed by atoms with Gasteiger partial charge in [0, 0.05) is 12.5 Å². The molecular weight excluding hydrogens is 322 g/mol. The third kappa shape index (κ3) is 5.10. The zero-order chi connectivity index (χ0) is 18.2. The fourth-order valence-electron chi connectivity index (χ4n) is 2.10. The number of esters is 1. The van der Waals surface area contributed by atoms with Crippen molar-refractivity contribution in [1.29, 1.82) is 0 Å². The van der Waals surface area contributed by atoms with Gasteiger partial charge in [0.1, 0.15) is 12.4 Å². The predicted molar refractivity (Wildman–Crippen MR) is 92.6 cm³/mol. The standard InChI is InChI=1S/C19H19NO5/c1-13(21)20-17(19(23)24-2)18(22)15-9-6-10-16(11-15)25-12-14-7-4-3-5-8-14/h3-11,22H,12H2,1-2H3,(H,20,21)/b18-17+. The van der Waals surface area contributed by atoms with Gasteiger partial charge in [-0.15, -0.1) is 0 Å². The summed E-state index contributed by atoms with van der Waals surface area (Å²) >= 11 is 0. The van der Waals surface area contributed by atoms with E-state index in [2.05, 4.69) is 10.1 Å². The summed E-state index contributed by atoms with van der Waals surface area (Å²) in [5.41, 5.74) is 0.996. The number of hydrogen-bond donors (Lipinski definition) is 2. The Hall–Kier alpha value is -3.28. The maximum atomic E-state index is 11.8. The summed E-state index contributed by atoms with van der Waals surface area (Å²) < 4.78 is 10.3. The van der Waals surface area contributed by atoms with Crippen LogP contribution >= 0.6 is 0 Å². The van der Waals surface area contributed by atoms with Crippen LogP contribution in [-0.4, -0.2) is 24.1 Å². The molecular formula is C19H19NO5. The van der Waals surface area contributed by atoms with Gasteiger partial charge in [-0.25, -0.2) is 4.79 Å². The molecule has 0 fully saturated rings. The summed E-state index contributed by atoms with van der Waals surface area (Å²) in [6.45, 7) is 1.60. The molecule has 25 heavy (non-hydrogen) atoms. The first-order valence-corrected chi connectivity index (χ1v) is 7.57. The number of carbonyl (C=O) groups excluding carboxylic acids is 2. The zero-order valence-electron chi connectivity index (χ0n) is 14.0. The highest BCUT2D eigenvalue weighted by Gasteiger charge is 2.19. The van der Waals surface area contributed by atoms with Crippen LogP contribution in [0, 0.1) is 0 Å². The van der Waals surface area contributed by atoms with E-state index >= 15 is 0 Å². The van der Waals surface area contributed by atoms with Crippen molar-refractivity contribution in [2.45, 2.75) is 13.5 Å². The molecule has 6 heteroatoms. The van der Waals surface area contributed by atoms with Crippen molar-refractivity contribution < 1.29 is 24.2 Å². The molecule has 0 saturated carbocycles. The molecule has 0 aliphatic carbocycles. The van der Waals surface area contributed by atoms with Gasteiger partial charge in [-0.05, 0) is 17.7 Å². The molecule has 0 bridgehead atoms. The Balaban J connectivity index is 2.24. The second-order valence-corrected chi connectivity index (χ2v) is 5.20. The largest absolute Gasteiger partial charge is 0.505 e. The Bertz CT molecular complexity index is 783. The lowest BCUT2D eigenvalue weighted by Crippen LogP contribution is -2.27. The summed E-state index contributed by atoms with van der Waals surface area (Å²) in [5.74, 6) is -1.22. The molecule has 0 heterocycles. The van der Waals surface area contributed by atoms with Gasteiger partial charge in [0.15, 0.2) is 11.5 Å². The predicted octanol–water partition coefficient (Wildman–Crippen LogP) is 2.80. The number of nitrogens with one attached hydrogen (secondary N) is 1. The van der Waals surface area contributed by atoms with Crippen molar-refractivity contribution >= 4 is 17.6 Å². The average Bonchev–Trinajstić information content (AvgIpc) is 2.64. The van der Waals surface area contributed by atoms with Gasteiger partial charge in [-0.2, -0.15) is 0 Å². The molecule has 130 valence electrons. The van der Waals surface area contributed by atoms with E-state index in [1.165, 1.54) is 6.92 Å². The third-order valence-corrected chi connectivity index (χ3v) is 3.28. The molecule has 0 unspecified atom stereocenters. The molecule has 0 aliphatic heterocycles. The van der Waals surface area contributed by atoms with Crippen LogP contribution in [0.1, 0.15) is 18.1 Å². The van der Waals surface area contributed by atoms with Crippen molar-refractivity contribution in [3.05, 3.63) is 71.4 Å². The lowest BCUT2D eigenvalue weighted by atomic mass is 10.1. The minimum absolute atomic E-state index is 0.319. The molecule has 1 amide bonds. The van der Waals surface area contributed by atoms with Crippen molar-refractivity contribution in [3.63, 3.8) is 0 Å². The van der Waals surface area contributed by atoms with Crippen molar-refractivity contribution in [1.82, 2.24) is 5.32 Å². The molecule has 0 aliphatic rings. The molecule has 0 aromatic heterocycles. The second kappa shape index (κ2) is 8.54. The SMILES string of the molecule is COC(=O)/C(NC(C)=O)=C(\O)c1cccc(OCc2ccccc2)c1. The summed E-state index contributed by atoms with van der Waals surface area (Å²) in [7, 11) is 1.16. The minimum Gasteiger partial charge on any atom is -0.505 e. The number of amides is 1. The second-order valence-electron chi connectivity index (χ2n) is 5.20. The number of benzene rings is 2. The first-order chi connectivity index (χ1) is 12.0. The first-order valence-electron chi connectivity index (χ1n) is 7.57. The van der Waals surface area contributed by atoms with Crippen LogP contribution in [0.2, 0.25) is 0 Å². The van der Waals surface area contributed by atoms with E-state index in [4.69, 9.17) is 4.74 Å². The van der Waals surface area contributed by atoms with Gasteiger partial charge < -0.3 is 19.9 Å². The van der Waals surface area contributed by atoms with E-state index in [1.54, 1.807) is 24.3 Å². The van der Waals surface area contributed by atoms with Gasteiger partial charge in [0.2, 0.25) is 5.91 Å². The first kappa shape index (κ1) is 18.1. The smallest absolute Gasteiger partial charge is 0.358 e. The van der Waals surface area contributed by atoms with Gasteiger partial charge in [0.05, 0.1) is 7.11 Å². The van der Waals surface area contributed by atoms with Crippen molar-refractivity contribution in [2.75, 3.05) is 7.11 Å². The monoisotopic (exact) mass is 341 g/mol. The van der Waals surface area contributed by atoms with Crippen molar-refractivity contribution in [2.24, 2.45) is 0 Å². The number of rotatable bonds is 6. The highest BCUT2D eigenvalue weighted by molar-refractivity contribution is 5.99. The molecule has 0 atom stereocenters. The van der Waals surface area contributed by atoms with Crippen LogP contribution in [0.5, 0.6) is 5.75 Å². The number of aliphatic hydroxyl groups is 1. The molecule has 2 N–H and O–H groups in total. The van der Waals surface area contributed by atoms with Crippen LogP contribution in [-0.2, 0) is 20.9 Å². The summed E-state index contributed by atoms with van der Waals surface area (Å²) in [4.78, 5) is 23.0. The van der Waals surface area contributed by atoms with Crippen LogP contribution < -0.4 is 10.1 Å². The Morgan fingerprint density at radius 2 is 1.80 bits per heavy atom. The number of methoxy groups -OCH3 is 1. The normalized spacial score (nSPS) is 11.3. The lowest BCUT2D eigenvalue weighted by Gasteiger charge is -2.11. The minimum atomic E-state index is -0.844. The quantitative estimate of drug-likeness (QED) is 0.479. The third-order valence-electron chi connectivity index (χ3n) is 3.28. The Morgan fingerprint density at radius 3 is 2.44 bits per heavy atom. The maximum Gasteiger partial charge on any atom is 0.358 e. The average molecular weight is 341 g/mol. The maximum absolute atomic E-state index is 11.8. The van der Waals surface area contributed by atoms with Gasteiger partial charge >= 0.3 is 5.97 Å². The number of carbonyl (C=O) groups is 2. The van der Waals surface area contributed by atoms with E-state index in [-0.39, 0.29) is 5.70 Å². The molecule has 2 rings (SSSR count). The lowest BCUT2D eigenvalue weighted by molar-refractivity contribution is -0.137. The van der Waals surface area contributed by atoms with Crippen LogP contribution in [0.25, 0.3) is 5.76 Å². The Labute approximate surface area is 145 Å². The van der Waals surface area contributed by atoms with Gasteiger partial charge in [-0.3, -0.25) is 4.79 Å². The van der Waals surface area contributed by atoms with Crippen LogP contribution in [0.4, 0.5) is 0 Å². The molecule has 6 nitrogen and oxygen atoms in total. The van der Waals surface area contributed by atoms with Crippen LogP contribution in [0.3, 0.4) is 0 Å². The van der Waals surface area contributed by atoms with E-state index in [0.717, 1.165) is 12.7 Å². The fourth-order valence-corrected chi connectivity index (χ4v) is 2.10. The molecule has 2 aromatic rings. The molecule has 0 radical (unpaired) electrons. The zero-order valence-corrected chi connectivity index (χ0v) is 14.0. The number of aliphatic hydroxyl groups excluding tert-OH is 1. The molecule has 2 aromatic carbocycles. The summed E-state index contributed by atoms with van der Waals surface area (Å²) in [5, 5.41) is 12.6. The number of hydrogen-bond acceptors (Lipinski definition) is 5. The highest BCUT2D eigenvalue weighted by atomic mass is 16.5. The highest BCUT2D eigenvalue weighted by Crippen LogP contribution is 2.22. The van der Waals surface area contributed by atoms with Gasteiger partial charge in [-0.1, -0.05) is 42.5 Å². The Kier molecular flexibility index (Phi) is 6.17. The van der Waals surface area contributed by atoms with E-state index in [0.29, 0.717) is 17.9 Å². The van der Waals surface area contributed by atoms with Crippen LogP contribution in [0.15, 0.2) is 60.3 Å². The van der Waals surface area contributed by atoms with Crippen molar-refractivity contribution in [3.8, 4) is 5.75 Å². The van der Waals surface area contributed by atoms with E-state index in [9.17, 15) is 14.7 Å². The topological polar surface area (TPSA) is 84.9 Å².